The average molecular weight is 299 g/mol. The lowest BCUT2D eigenvalue weighted by molar-refractivity contribution is -0.0161. The van der Waals surface area contributed by atoms with E-state index >= 15 is 0 Å². The van der Waals surface area contributed by atoms with Crippen LogP contribution in [0.5, 0.6) is 0 Å². The fraction of sp³-hybridized carbons (Fsp3) is 0.867. The van der Waals surface area contributed by atoms with Crippen LogP contribution in [-0.2, 0) is 9.47 Å². The average Bonchev–Trinajstić information content (AvgIpc) is 2.40. The van der Waals surface area contributed by atoms with Gasteiger partial charge in [-0.05, 0) is 44.9 Å². The highest BCUT2D eigenvalue weighted by molar-refractivity contribution is 6.59. The second kappa shape index (κ2) is 6.70. The van der Waals surface area contributed by atoms with Crippen LogP contribution in [0.1, 0.15) is 44.9 Å². The first-order chi connectivity index (χ1) is 9.06. The molecule has 0 radical (unpaired) electrons. The number of hydrogen-bond acceptors (Lipinski definition) is 2. The predicted octanol–water partition coefficient (Wildman–Crippen LogP) is 2.16. The Morgan fingerprint density at radius 3 is 2.26 bits per heavy atom. The minimum atomic E-state index is -0.823. The van der Waals surface area contributed by atoms with E-state index in [1.165, 1.54) is 38.5 Å². The summed E-state index contributed by atoms with van der Waals surface area (Å²) in [4.78, 5) is 0. The minimum Gasteiger partial charge on any atom is -0.379 e. The van der Waals surface area contributed by atoms with Crippen molar-refractivity contribution < 1.29 is 9.47 Å². The molecule has 2 aliphatic heterocycles. The van der Waals surface area contributed by atoms with E-state index in [2.05, 4.69) is 25.2 Å². The topological polar surface area (TPSA) is 18.5 Å². The van der Waals surface area contributed by atoms with Gasteiger partial charge in [0.25, 0.3) is 0 Å². The van der Waals surface area contributed by atoms with Crippen molar-refractivity contribution in [1.29, 1.82) is 0 Å². The lowest BCUT2D eigenvalue weighted by Crippen LogP contribution is -2.45. The molecule has 0 aliphatic carbocycles. The van der Waals surface area contributed by atoms with Crippen molar-refractivity contribution >= 4 is 19.0 Å². The second-order valence-electron chi connectivity index (χ2n) is 6.78. The molecule has 0 aromatic heterocycles. The van der Waals surface area contributed by atoms with Gasteiger partial charge in [0, 0.05) is 23.5 Å². The van der Waals surface area contributed by atoms with Crippen LogP contribution in [-0.4, -0.2) is 42.7 Å². The lowest BCUT2D eigenvalue weighted by atomic mass is 10.0. The molecule has 2 fully saturated rings. The molecule has 2 saturated heterocycles. The van der Waals surface area contributed by atoms with Crippen LogP contribution in [0.4, 0.5) is 0 Å². The van der Waals surface area contributed by atoms with Gasteiger partial charge in [0.05, 0.1) is 19.2 Å². The standard InChI is InChI=1S/C15H30O2Si2/c1-19(2)15(10-4-6-13-17-15)11-7-9-14(18)8-3-5-12-16-14/h7,11,19H,3-6,8-10,12-13H2,1-2,18H3. The lowest BCUT2D eigenvalue weighted by Gasteiger charge is -2.38. The molecule has 110 valence electrons. The Labute approximate surface area is 123 Å². The van der Waals surface area contributed by atoms with Gasteiger partial charge in [0.15, 0.2) is 0 Å². The Balaban J connectivity index is 1.95. The maximum atomic E-state index is 6.19. The third-order valence-electron chi connectivity index (χ3n) is 4.81. The molecule has 0 amide bonds. The zero-order chi connectivity index (χ0) is 13.8. The SMILES string of the molecule is C[SiH](C)C1(C=CCC2([SiH3])CCCCO2)CCCCO1. The normalized spacial score (nSPS) is 37.2. The monoisotopic (exact) mass is 298 g/mol. The maximum absolute atomic E-state index is 6.19. The quantitative estimate of drug-likeness (QED) is 0.585. The highest BCUT2D eigenvalue weighted by Crippen LogP contribution is 2.31. The van der Waals surface area contributed by atoms with Crippen LogP contribution in [0.15, 0.2) is 12.2 Å². The molecule has 0 N–H and O–H groups in total. The molecule has 0 bridgehead atoms. The van der Waals surface area contributed by atoms with E-state index in [-0.39, 0.29) is 10.4 Å². The summed E-state index contributed by atoms with van der Waals surface area (Å²) in [7, 11) is 0.319. The van der Waals surface area contributed by atoms with E-state index in [1.54, 1.807) is 0 Å². The first-order valence-corrected chi connectivity index (χ1v) is 11.9. The summed E-state index contributed by atoms with van der Waals surface area (Å²) in [5.41, 5.74) is 0. The molecule has 0 saturated carbocycles. The van der Waals surface area contributed by atoms with E-state index in [9.17, 15) is 0 Å². The summed E-state index contributed by atoms with van der Waals surface area (Å²) in [6.45, 7) is 6.77. The molecule has 2 unspecified atom stereocenters. The van der Waals surface area contributed by atoms with E-state index in [4.69, 9.17) is 9.47 Å². The molecule has 19 heavy (non-hydrogen) atoms. The smallest absolute Gasteiger partial charge is 0.0744 e. The highest BCUT2D eigenvalue weighted by Gasteiger charge is 2.35. The maximum Gasteiger partial charge on any atom is 0.0744 e. The number of hydrogen-bond donors (Lipinski definition) is 0. The summed E-state index contributed by atoms with van der Waals surface area (Å²) in [6.07, 6.45) is 13.6. The summed E-state index contributed by atoms with van der Waals surface area (Å²) in [5, 5.41) is 0.341. The second-order valence-corrected chi connectivity index (χ2v) is 11.9. The summed E-state index contributed by atoms with van der Waals surface area (Å²) in [5.74, 6) is 0. The molecule has 2 heterocycles. The van der Waals surface area contributed by atoms with E-state index in [0.717, 1.165) is 29.9 Å². The van der Waals surface area contributed by atoms with E-state index in [0.29, 0.717) is 0 Å². The van der Waals surface area contributed by atoms with Crippen molar-refractivity contribution in [1.82, 2.24) is 0 Å². The third kappa shape index (κ3) is 4.03. The molecule has 4 heteroatoms. The molecule has 2 atom stereocenters. The first-order valence-electron chi connectivity index (χ1n) is 8.02. The van der Waals surface area contributed by atoms with Gasteiger partial charge in [-0.25, -0.2) is 0 Å². The first kappa shape index (κ1) is 15.5. The predicted molar refractivity (Wildman–Crippen MR) is 87.6 cm³/mol. The van der Waals surface area contributed by atoms with Crippen LogP contribution in [0.2, 0.25) is 13.1 Å². The Kier molecular flexibility index (Phi) is 5.46. The van der Waals surface area contributed by atoms with Crippen molar-refractivity contribution in [3.63, 3.8) is 0 Å². The zero-order valence-corrected chi connectivity index (χ0v) is 16.1. The Morgan fingerprint density at radius 1 is 1.05 bits per heavy atom. The fourth-order valence-corrected chi connectivity index (χ4v) is 5.82. The Bertz CT molecular complexity index is 303. The van der Waals surface area contributed by atoms with Crippen molar-refractivity contribution in [2.75, 3.05) is 13.2 Å². The zero-order valence-electron chi connectivity index (χ0n) is 12.9. The third-order valence-corrected chi connectivity index (χ3v) is 8.61. The Hall–Kier alpha value is 0.0938. The summed E-state index contributed by atoms with van der Waals surface area (Å²) in [6, 6.07) is 0. The molecule has 0 spiro atoms. The van der Waals surface area contributed by atoms with E-state index < -0.39 is 8.80 Å². The van der Waals surface area contributed by atoms with Crippen LogP contribution in [0, 0.1) is 0 Å². The summed E-state index contributed by atoms with van der Waals surface area (Å²) >= 11 is 0. The van der Waals surface area contributed by atoms with Gasteiger partial charge in [0.1, 0.15) is 0 Å². The van der Waals surface area contributed by atoms with Crippen molar-refractivity contribution in [3.8, 4) is 0 Å². The molecule has 0 aromatic rings. The van der Waals surface area contributed by atoms with Crippen LogP contribution >= 0.6 is 0 Å². The van der Waals surface area contributed by atoms with Gasteiger partial charge in [-0.2, -0.15) is 0 Å². The van der Waals surface area contributed by atoms with Crippen molar-refractivity contribution in [3.05, 3.63) is 12.2 Å². The van der Waals surface area contributed by atoms with Gasteiger partial charge in [-0.3, -0.25) is 0 Å². The molecular formula is C15H30O2Si2. The van der Waals surface area contributed by atoms with Crippen LogP contribution < -0.4 is 0 Å². The molecule has 2 nitrogen and oxygen atoms in total. The molecular weight excluding hydrogens is 268 g/mol. The molecule has 0 aromatic carbocycles. The number of rotatable bonds is 4. The van der Waals surface area contributed by atoms with Crippen LogP contribution in [0.25, 0.3) is 0 Å². The van der Waals surface area contributed by atoms with Gasteiger partial charge < -0.3 is 9.47 Å². The fourth-order valence-electron chi connectivity index (χ4n) is 3.28. The minimum absolute atomic E-state index is 0.130. The molecule has 2 rings (SSSR count). The highest BCUT2D eigenvalue weighted by atomic mass is 28.3. The van der Waals surface area contributed by atoms with E-state index in [1.807, 2.05) is 0 Å². The van der Waals surface area contributed by atoms with Crippen molar-refractivity contribution in [2.24, 2.45) is 0 Å². The largest absolute Gasteiger partial charge is 0.379 e. The summed E-state index contributed by atoms with van der Waals surface area (Å²) < 4.78 is 12.2. The molecule has 2 aliphatic rings. The van der Waals surface area contributed by atoms with Gasteiger partial charge >= 0.3 is 0 Å². The van der Waals surface area contributed by atoms with Crippen molar-refractivity contribution in [2.45, 2.75) is 68.5 Å². The van der Waals surface area contributed by atoms with Gasteiger partial charge in [-0.15, -0.1) is 0 Å². The van der Waals surface area contributed by atoms with Crippen LogP contribution in [0.3, 0.4) is 0 Å². The van der Waals surface area contributed by atoms with Gasteiger partial charge in [-0.1, -0.05) is 25.2 Å². The Morgan fingerprint density at radius 2 is 1.74 bits per heavy atom. The van der Waals surface area contributed by atoms with Gasteiger partial charge in [0.2, 0.25) is 0 Å². The number of ether oxygens (including phenoxy) is 2.